The molecule has 0 unspecified atom stereocenters. The van der Waals surface area contributed by atoms with Gasteiger partial charge in [0.2, 0.25) is 0 Å². The number of nitrogens with zero attached hydrogens (tertiary/aromatic N) is 1. The number of ether oxygens (including phenoxy) is 2. The Morgan fingerprint density at radius 2 is 0.640 bits per heavy atom. The Balaban J connectivity index is 0.000000312. The third kappa shape index (κ3) is 20.5. The summed E-state index contributed by atoms with van der Waals surface area (Å²) in [6.45, 7) is 18.5. The monoisotopic (exact) mass is 1360 g/mol. The van der Waals surface area contributed by atoms with Crippen molar-refractivity contribution in [3.8, 4) is 33.4 Å². The second-order valence-corrected chi connectivity index (χ2v) is 24.8. The minimum atomic E-state index is -1.16. The number of unbranched alkanes of at least 4 members (excludes halogenated alkanes) is 6. The Bertz CT molecular complexity index is 3770. The SMILES string of the molecule is C.C.C.C=C1c2cc(C(=O)CCCC)ccc2-c2ccc(C(=O)CCCC)cc21.CCCCC(=O)c1ccc2c(c1)C(COC(=O)CC)c1cc(C(=O)CCCC)ccc1-2.CCCCC(=O)c1ccc2c(c1)C(COC(=O)ON1C(=O)CCC1=O)c1cc(C(=O)CCCC)ccc1-2.O=C=O. The van der Waals surface area contributed by atoms with Crippen molar-refractivity contribution < 1.29 is 71.8 Å². The van der Waals surface area contributed by atoms with E-state index in [4.69, 9.17) is 23.9 Å². The van der Waals surface area contributed by atoms with E-state index >= 15 is 0 Å². The van der Waals surface area contributed by atoms with E-state index in [1.54, 1.807) is 6.92 Å². The fourth-order valence-electron chi connectivity index (χ4n) is 12.4. The normalized spacial score (nSPS) is 12.4. The predicted octanol–water partition coefficient (Wildman–Crippen LogP) is 20.1. The molecule has 10 rings (SSSR count). The highest BCUT2D eigenvalue weighted by atomic mass is 16.8. The lowest BCUT2D eigenvalue weighted by Gasteiger charge is -2.17. The number of hydrogen-bond donors (Lipinski definition) is 0. The average Bonchev–Trinajstić information content (AvgIpc) is 1.62. The molecule has 0 saturated carbocycles. The zero-order chi connectivity index (χ0) is 70.3. The van der Waals surface area contributed by atoms with Gasteiger partial charge < -0.3 is 9.47 Å². The van der Waals surface area contributed by atoms with E-state index in [1.165, 1.54) is 0 Å². The van der Waals surface area contributed by atoms with Gasteiger partial charge in [-0.2, -0.15) is 9.59 Å². The van der Waals surface area contributed by atoms with E-state index in [0.29, 0.717) is 72.3 Å². The molecule has 1 aliphatic heterocycles. The number of imide groups is 1. The van der Waals surface area contributed by atoms with Gasteiger partial charge in [-0.3, -0.25) is 48.0 Å². The van der Waals surface area contributed by atoms with Crippen LogP contribution in [0.2, 0.25) is 0 Å². The molecule has 0 radical (unpaired) electrons. The summed E-state index contributed by atoms with van der Waals surface area (Å²) in [4.78, 5) is 144. The number of amides is 2. The lowest BCUT2D eigenvalue weighted by molar-refractivity contribution is -0.192. The summed E-state index contributed by atoms with van der Waals surface area (Å²) >= 11 is 0. The van der Waals surface area contributed by atoms with Crippen LogP contribution in [0.3, 0.4) is 0 Å². The van der Waals surface area contributed by atoms with E-state index in [0.717, 1.165) is 161 Å². The molecule has 1 fully saturated rings. The summed E-state index contributed by atoms with van der Waals surface area (Å²) in [5.41, 5.74) is 16.8. The lowest BCUT2D eigenvalue weighted by atomic mass is 9.93. The summed E-state index contributed by atoms with van der Waals surface area (Å²) in [6.07, 6.45) is 13.5. The molecule has 0 atom stereocenters. The molecule has 532 valence electrons. The van der Waals surface area contributed by atoms with E-state index < -0.39 is 23.9 Å². The van der Waals surface area contributed by atoms with E-state index in [9.17, 15) is 47.9 Å². The number of hydrogen-bond acceptors (Lipinski definition) is 15. The predicted molar refractivity (Wildman–Crippen MR) is 391 cm³/mol. The van der Waals surface area contributed by atoms with Gasteiger partial charge in [0.15, 0.2) is 34.7 Å². The zero-order valence-corrected chi connectivity index (χ0v) is 57.1. The Morgan fingerprint density at radius 3 is 0.900 bits per heavy atom. The molecule has 0 spiro atoms. The van der Waals surface area contributed by atoms with Gasteiger partial charge in [-0.05, 0) is 147 Å². The topological polar surface area (TPSA) is 236 Å². The van der Waals surface area contributed by atoms with E-state index in [-0.39, 0.29) is 101 Å². The number of rotatable bonds is 30. The van der Waals surface area contributed by atoms with Crippen LogP contribution in [0, 0.1) is 0 Å². The Morgan fingerprint density at radius 1 is 0.390 bits per heavy atom. The molecule has 4 aliphatic rings. The van der Waals surface area contributed by atoms with Crippen molar-refractivity contribution in [3.63, 3.8) is 0 Å². The summed E-state index contributed by atoms with van der Waals surface area (Å²) in [6, 6.07) is 34.5. The van der Waals surface area contributed by atoms with Crippen molar-refractivity contribution in [1.29, 1.82) is 0 Å². The fraction of sp³-hybridized carbons (Fsp3) is 0.417. The highest BCUT2D eigenvalue weighted by molar-refractivity contribution is 6.07. The van der Waals surface area contributed by atoms with Crippen molar-refractivity contribution in [1.82, 2.24) is 5.06 Å². The van der Waals surface area contributed by atoms with Crippen LogP contribution in [0.1, 0.15) is 313 Å². The molecular formula is C84H101NO15. The molecule has 1 heterocycles. The molecule has 16 heteroatoms. The van der Waals surface area contributed by atoms with Crippen LogP contribution in [-0.4, -0.2) is 83.1 Å². The summed E-state index contributed by atoms with van der Waals surface area (Å²) in [5, 5.41) is 0.438. The van der Waals surface area contributed by atoms with Crippen molar-refractivity contribution >= 4 is 70.4 Å². The van der Waals surface area contributed by atoms with Crippen LogP contribution in [0.4, 0.5) is 4.79 Å². The van der Waals surface area contributed by atoms with Gasteiger partial charge in [0.05, 0.1) is 0 Å². The number of benzene rings is 6. The van der Waals surface area contributed by atoms with Crippen molar-refractivity contribution in [2.45, 2.75) is 217 Å². The van der Waals surface area contributed by atoms with Crippen LogP contribution in [0.5, 0.6) is 0 Å². The Hall–Kier alpha value is -9.66. The van der Waals surface area contributed by atoms with Crippen LogP contribution >= 0.6 is 0 Å². The van der Waals surface area contributed by atoms with Crippen LogP contribution < -0.4 is 0 Å². The van der Waals surface area contributed by atoms with Crippen molar-refractivity contribution in [2.75, 3.05) is 13.2 Å². The summed E-state index contributed by atoms with van der Waals surface area (Å²) in [7, 11) is 0. The number of fused-ring (bicyclic) bond motifs is 9. The van der Waals surface area contributed by atoms with E-state index in [2.05, 4.69) is 34.3 Å². The first kappa shape index (κ1) is 82.8. The van der Waals surface area contributed by atoms with Crippen LogP contribution in [0.15, 0.2) is 116 Å². The quantitative estimate of drug-likeness (QED) is 0.0231. The van der Waals surface area contributed by atoms with Crippen molar-refractivity contribution in [2.24, 2.45) is 0 Å². The molecular weight excluding hydrogens is 1260 g/mol. The van der Waals surface area contributed by atoms with Gasteiger partial charge in [0.25, 0.3) is 11.8 Å². The molecule has 3 aliphatic carbocycles. The number of esters is 1. The third-order valence-electron chi connectivity index (χ3n) is 18.0. The minimum absolute atomic E-state index is 0. The molecule has 100 heavy (non-hydrogen) atoms. The number of ketones is 6. The maximum absolute atomic E-state index is 12.7. The van der Waals surface area contributed by atoms with Crippen LogP contribution in [-0.2, 0) is 38.3 Å². The highest BCUT2D eigenvalue weighted by Gasteiger charge is 2.37. The number of hydroxylamine groups is 2. The number of carbonyl (C=O) groups is 10. The molecule has 6 aromatic carbocycles. The first-order valence-electron chi connectivity index (χ1n) is 34.4. The van der Waals surface area contributed by atoms with E-state index in [1.807, 2.05) is 123 Å². The Kier molecular flexibility index (Phi) is 33.5. The molecule has 2 amide bonds. The Labute approximate surface area is 591 Å². The smallest absolute Gasteiger partial charge is 0.465 e. The average molecular weight is 1360 g/mol. The van der Waals surface area contributed by atoms with Gasteiger partial charge in [-0.25, -0.2) is 4.79 Å². The maximum atomic E-state index is 12.7. The minimum Gasteiger partial charge on any atom is -0.465 e. The molecule has 16 nitrogen and oxygen atoms in total. The largest absolute Gasteiger partial charge is 0.533 e. The standard InChI is InChI=1S/C29H31NO7.C27H32O4.C24H26O2.CO2.3CH4/c1-3-5-7-25(31)18-9-11-20-21-12-10-19(26(32)8-6-4-2)16-23(21)24(22(20)15-18)17-36-29(35)37-30-27(33)13-14-28(30)34;1-4-7-9-25(28)18-11-13-20-21-14-12-19(26(29)10-8-5-2)16-23(21)24(22(20)15-18)17-31-27(30)6-3;1-4-6-8-23(25)17-10-12-19-20-13-11-18(24(26)9-7-5-2)15-22(20)16(3)21(19)14-17;2-1-3;;;/h9-12,15-16,24H,3-8,13-14,17H2,1-2H3;11-16,24H,4-10,17H2,1-3H3;10-15H,3-9H2,1-2H3;;3*1H4. The van der Waals surface area contributed by atoms with Gasteiger partial charge in [0.1, 0.15) is 13.2 Å². The second-order valence-electron chi connectivity index (χ2n) is 24.8. The lowest BCUT2D eigenvalue weighted by Crippen LogP contribution is -2.32. The van der Waals surface area contributed by atoms with Gasteiger partial charge in [0, 0.05) is 103 Å². The fourth-order valence-corrected chi connectivity index (χ4v) is 12.4. The first-order chi connectivity index (χ1) is 46.8. The van der Waals surface area contributed by atoms with Crippen molar-refractivity contribution in [3.05, 3.63) is 183 Å². The second kappa shape index (κ2) is 40.4. The maximum Gasteiger partial charge on any atom is 0.533 e. The van der Waals surface area contributed by atoms with Gasteiger partial charge >= 0.3 is 18.3 Å². The third-order valence-corrected chi connectivity index (χ3v) is 18.0. The van der Waals surface area contributed by atoms with Gasteiger partial charge in [-0.1, -0.05) is 194 Å². The molecule has 0 N–H and O–H groups in total. The summed E-state index contributed by atoms with van der Waals surface area (Å²) < 4.78 is 10.9. The molecule has 1 saturated heterocycles. The van der Waals surface area contributed by atoms with Crippen LogP contribution in [0.25, 0.3) is 39.0 Å². The highest BCUT2D eigenvalue weighted by Crippen LogP contribution is 2.48. The zero-order valence-electron chi connectivity index (χ0n) is 57.1. The molecule has 0 aromatic heterocycles. The number of Topliss-reactive ketones (excluding diaryl/α,β-unsaturated/α-hetero) is 6. The summed E-state index contributed by atoms with van der Waals surface area (Å²) in [5.74, 6) is -1.31. The number of carbonyl (C=O) groups excluding carboxylic acids is 12. The first-order valence-corrected chi connectivity index (χ1v) is 34.4. The van der Waals surface area contributed by atoms with Gasteiger partial charge in [-0.15, -0.1) is 0 Å². The molecule has 0 bridgehead atoms. The molecule has 6 aromatic rings.